The van der Waals surface area contributed by atoms with Gasteiger partial charge in [0.25, 0.3) is 0 Å². The maximum absolute atomic E-state index is 6.29. The summed E-state index contributed by atoms with van der Waals surface area (Å²) >= 11 is 6.29. The van der Waals surface area contributed by atoms with Gasteiger partial charge in [-0.1, -0.05) is 30.9 Å². The smallest absolute Gasteiger partial charge is 0.0648 e. The van der Waals surface area contributed by atoms with Crippen LogP contribution in [0.2, 0.25) is 5.02 Å². The van der Waals surface area contributed by atoms with Gasteiger partial charge in [-0.15, -0.1) is 0 Å². The first-order valence-electron chi connectivity index (χ1n) is 5.70. The van der Waals surface area contributed by atoms with Gasteiger partial charge in [-0.25, -0.2) is 0 Å². The molecule has 1 saturated carbocycles. The molecule has 1 aromatic rings. The Morgan fingerprint density at radius 2 is 2.00 bits per heavy atom. The number of aromatic nitrogens is 1. The van der Waals surface area contributed by atoms with Crippen LogP contribution in [0.25, 0.3) is 0 Å². The number of nitrogens with one attached hydrogen (secondary N) is 1. The van der Waals surface area contributed by atoms with E-state index >= 15 is 0 Å². The van der Waals surface area contributed by atoms with Crippen molar-refractivity contribution in [2.45, 2.75) is 37.5 Å². The standard InChI is InChI=1S/C12H15ClN2/c13-9-6-14-7-10-11(9)12(8-15-10)4-2-1-3-5-12/h6-7,15H,1-5,8H2. The van der Waals surface area contributed by atoms with Crippen molar-refractivity contribution in [3.05, 3.63) is 23.0 Å². The molecule has 0 atom stereocenters. The number of rotatable bonds is 0. The lowest BCUT2D eigenvalue weighted by Crippen LogP contribution is -2.31. The van der Waals surface area contributed by atoms with Crippen LogP contribution < -0.4 is 5.32 Å². The lowest BCUT2D eigenvalue weighted by atomic mass is 9.71. The number of nitrogens with zero attached hydrogens (tertiary/aromatic N) is 1. The van der Waals surface area contributed by atoms with Crippen LogP contribution in [0.1, 0.15) is 37.7 Å². The van der Waals surface area contributed by atoms with Crippen molar-refractivity contribution in [2.75, 3.05) is 11.9 Å². The van der Waals surface area contributed by atoms with Crippen LogP contribution in [0.15, 0.2) is 12.4 Å². The van der Waals surface area contributed by atoms with Crippen molar-refractivity contribution < 1.29 is 0 Å². The minimum Gasteiger partial charge on any atom is -0.383 e. The third-order valence-corrected chi connectivity index (χ3v) is 4.14. The molecule has 1 fully saturated rings. The van der Waals surface area contributed by atoms with Crippen LogP contribution in [-0.2, 0) is 5.41 Å². The number of hydrogen-bond acceptors (Lipinski definition) is 2. The summed E-state index contributed by atoms with van der Waals surface area (Å²) in [6.45, 7) is 1.05. The molecule has 15 heavy (non-hydrogen) atoms. The van der Waals surface area contributed by atoms with Gasteiger partial charge in [0, 0.05) is 23.7 Å². The van der Waals surface area contributed by atoms with Gasteiger partial charge in [0.15, 0.2) is 0 Å². The Labute approximate surface area is 95.0 Å². The highest BCUT2D eigenvalue weighted by atomic mass is 35.5. The van der Waals surface area contributed by atoms with Crippen molar-refractivity contribution in [1.82, 2.24) is 4.98 Å². The average molecular weight is 223 g/mol. The molecule has 3 heteroatoms. The number of pyridine rings is 1. The van der Waals surface area contributed by atoms with Crippen LogP contribution >= 0.6 is 11.6 Å². The van der Waals surface area contributed by atoms with E-state index < -0.39 is 0 Å². The molecule has 0 radical (unpaired) electrons. The first kappa shape index (κ1) is 9.46. The van der Waals surface area contributed by atoms with Crippen LogP contribution in [0.3, 0.4) is 0 Å². The van der Waals surface area contributed by atoms with E-state index in [0.717, 1.165) is 17.3 Å². The second-order valence-electron chi connectivity index (χ2n) is 4.74. The second-order valence-corrected chi connectivity index (χ2v) is 5.15. The molecule has 2 heterocycles. The normalized spacial score (nSPS) is 22.5. The zero-order chi connectivity index (χ0) is 10.3. The molecule has 1 aromatic heterocycles. The number of halogens is 1. The zero-order valence-corrected chi connectivity index (χ0v) is 9.48. The fraction of sp³-hybridized carbons (Fsp3) is 0.583. The topological polar surface area (TPSA) is 24.9 Å². The minimum atomic E-state index is 0.313. The van der Waals surface area contributed by atoms with Crippen molar-refractivity contribution >= 4 is 17.3 Å². The van der Waals surface area contributed by atoms with Crippen LogP contribution in [0.4, 0.5) is 5.69 Å². The van der Waals surface area contributed by atoms with Gasteiger partial charge in [-0.3, -0.25) is 4.98 Å². The van der Waals surface area contributed by atoms with Crippen LogP contribution in [0, 0.1) is 0 Å². The summed E-state index contributed by atoms with van der Waals surface area (Å²) in [6, 6.07) is 0. The summed E-state index contributed by atoms with van der Waals surface area (Å²) in [5, 5.41) is 4.30. The molecular formula is C12H15ClN2. The van der Waals surface area contributed by atoms with E-state index in [4.69, 9.17) is 11.6 Å². The lowest BCUT2D eigenvalue weighted by molar-refractivity contribution is 0.319. The Morgan fingerprint density at radius 3 is 2.80 bits per heavy atom. The monoisotopic (exact) mass is 222 g/mol. The van der Waals surface area contributed by atoms with Crippen LogP contribution in [0.5, 0.6) is 0 Å². The molecule has 0 aromatic carbocycles. The Morgan fingerprint density at radius 1 is 1.20 bits per heavy atom. The molecule has 3 rings (SSSR count). The van der Waals surface area contributed by atoms with Gasteiger partial charge in [-0.05, 0) is 12.8 Å². The van der Waals surface area contributed by atoms with E-state index in [1.807, 2.05) is 6.20 Å². The SMILES string of the molecule is Clc1cncc2c1C1(CCCCC1)CN2. The fourth-order valence-corrected chi connectivity index (χ4v) is 3.47. The molecule has 0 bridgehead atoms. The van der Waals surface area contributed by atoms with Gasteiger partial charge >= 0.3 is 0 Å². The predicted molar refractivity (Wildman–Crippen MR) is 62.5 cm³/mol. The van der Waals surface area contributed by atoms with E-state index in [1.165, 1.54) is 37.7 Å². The van der Waals surface area contributed by atoms with Gasteiger partial charge in [0.1, 0.15) is 0 Å². The quantitative estimate of drug-likeness (QED) is 0.728. The molecular weight excluding hydrogens is 208 g/mol. The highest BCUT2D eigenvalue weighted by molar-refractivity contribution is 6.31. The molecule has 2 aliphatic rings. The molecule has 80 valence electrons. The Hall–Kier alpha value is -0.760. The third-order valence-electron chi connectivity index (χ3n) is 3.86. The zero-order valence-electron chi connectivity index (χ0n) is 8.72. The summed E-state index contributed by atoms with van der Waals surface area (Å²) < 4.78 is 0. The molecule has 0 saturated heterocycles. The largest absolute Gasteiger partial charge is 0.383 e. The van der Waals surface area contributed by atoms with Crippen molar-refractivity contribution in [3.8, 4) is 0 Å². The Balaban J connectivity index is 2.09. The van der Waals surface area contributed by atoms with E-state index in [9.17, 15) is 0 Å². The van der Waals surface area contributed by atoms with Crippen molar-refractivity contribution in [3.63, 3.8) is 0 Å². The van der Waals surface area contributed by atoms with Crippen LogP contribution in [-0.4, -0.2) is 11.5 Å². The highest BCUT2D eigenvalue weighted by Gasteiger charge is 2.41. The third kappa shape index (κ3) is 1.35. The average Bonchev–Trinajstić information content (AvgIpc) is 2.60. The number of hydrogen-bond donors (Lipinski definition) is 1. The van der Waals surface area contributed by atoms with Gasteiger partial charge in [-0.2, -0.15) is 0 Å². The lowest BCUT2D eigenvalue weighted by Gasteiger charge is -2.33. The van der Waals surface area contributed by atoms with Gasteiger partial charge in [0.05, 0.1) is 16.9 Å². The summed E-state index contributed by atoms with van der Waals surface area (Å²) in [5.41, 5.74) is 2.80. The van der Waals surface area contributed by atoms with E-state index in [2.05, 4.69) is 10.3 Å². The highest BCUT2D eigenvalue weighted by Crippen LogP contribution is 2.48. The van der Waals surface area contributed by atoms with E-state index in [1.54, 1.807) is 6.20 Å². The first-order chi connectivity index (χ1) is 7.32. The maximum atomic E-state index is 6.29. The van der Waals surface area contributed by atoms with Gasteiger partial charge in [0.2, 0.25) is 0 Å². The van der Waals surface area contributed by atoms with Gasteiger partial charge < -0.3 is 5.32 Å². The summed E-state index contributed by atoms with van der Waals surface area (Å²) in [5.74, 6) is 0. The first-order valence-corrected chi connectivity index (χ1v) is 6.07. The summed E-state index contributed by atoms with van der Waals surface area (Å²) in [4.78, 5) is 4.14. The Bertz CT molecular complexity index is 378. The molecule has 2 nitrogen and oxygen atoms in total. The van der Waals surface area contributed by atoms with E-state index in [0.29, 0.717) is 5.41 Å². The minimum absolute atomic E-state index is 0.313. The molecule has 0 unspecified atom stereocenters. The fourth-order valence-electron chi connectivity index (χ4n) is 3.12. The van der Waals surface area contributed by atoms with E-state index in [-0.39, 0.29) is 0 Å². The molecule has 1 spiro atoms. The molecule has 1 aliphatic heterocycles. The molecule has 1 N–H and O–H groups in total. The molecule has 1 aliphatic carbocycles. The number of fused-ring (bicyclic) bond motifs is 2. The predicted octanol–water partition coefficient (Wildman–Crippen LogP) is 3.36. The van der Waals surface area contributed by atoms with Crippen molar-refractivity contribution in [1.29, 1.82) is 0 Å². The summed E-state index contributed by atoms with van der Waals surface area (Å²) in [6.07, 6.45) is 10.3. The number of anilines is 1. The van der Waals surface area contributed by atoms with Crippen molar-refractivity contribution in [2.24, 2.45) is 0 Å². The molecule has 0 amide bonds. The maximum Gasteiger partial charge on any atom is 0.0648 e. The summed E-state index contributed by atoms with van der Waals surface area (Å²) in [7, 11) is 0. The Kier molecular flexibility index (Phi) is 2.13. The second kappa shape index (κ2) is 3.38.